The minimum absolute atomic E-state index is 0.237. The van der Waals surface area contributed by atoms with Crippen molar-refractivity contribution in [2.24, 2.45) is 5.73 Å². The van der Waals surface area contributed by atoms with Crippen molar-refractivity contribution < 1.29 is 19.1 Å². The molecule has 1 atom stereocenters. The summed E-state index contributed by atoms with van der Waals surface area (Å²) in [6, 6.07) is 14.8. The molecule has 2 aromatic rings. The number of rotatable bonds is 8. The molecule has 1 aliphatic rings. The Balaban J connectivity index is 1.76. The molecule has 0 radical (unpaired) electrons. The Labute approximate surface area is 158 Å². The summed E-state index contributed by atoms with van der Waals surface area (Å²) < 4.78 is 11.7. The summed E-state index contributed by atoms with van der Waals surface area (Å²) in [7, 11) is 0. The van der Waals surface area contributed by atoms with Crippen LogP contribution in [0.5, 0.6) is 11.5 Å². The molecule has 3 N–H and O–H groups in total. The molecule has 0 aromatic heterocycles. The average molecular weight is 368 g/mol. The number of hydrogen-bond donors (Lipinski definition) is 2. The number of amides is 1. The van der Waals surface area contributed by atoms with Crippen molar-refractivity contribution in [3.63, 3.8) is 0 Å². The number of primary amides is 1. The number of hydroxylamine groups is 1. The van der Waals surface area contributed by atoms with Gasteiger partial charge in [0, 0.05) is 5.56 Å². The normalized spacial score (nSPS) is 18.5. The largest absolute Gasteiger partial charge is 0.490 e. The van der Waals surface area contributed by atoms with Gasteiger partial charge in [-0.3, -0.25) is 15.1 Å². The highest BCUT2D eigenvalue weighted by atomic mass is 16.7. The van der Waals surface area contributed by atoms with Crippen molar-refractivity contribution in [2.75, 3.05) is 13.2 Å². The van der Waals surface area contributed by atoms with Crippen molar-refractivity contribution >= 4 is 11.6 Å². The first kappa shape index (κ1) is 18.8. The molecule has 27 heavy (non-hydrogen) atoms. The lowest BCUT2D eigenvalue weighted by molar-refractivity contribution is -0.0476. The van der Waals surface area contributed by atoms with Gasteiger partial charge in [0.2, 0.25) is 5.91 Å². The highest BCUT2D eigenvalue weighted by Crippen LogP contribution is 2.32. The third-order valence-corrected chi connectivity index (χ3v) is 4.13. The van der Waals surface area contributed by atoms with Gasteiger partial charge in [0.15, 0.2) is 11.5 Å². The van der Waals surface area contributed by atoms with Gasteiger partial charge in [-0.15, -0.1) is 0 Å². The van der Waals surface area contributed by atoms with Gasteiger partial charge in [-0.2, -0.15) is 0 Å². The van der Waals surface area contributed by atoms with Gasteiger partial charge >= 0.3 is 0 Å². The lowest BCUT2D eigenvalue weighted by Crippen LogP contribution is -2.33. The van der Waals surface area contributed by atoms with Gasteiger partial charge in [-0.1, -0.05) is 37.3 Å². The Kier molecular flexibility index (Phi) is 5.66. The first-order chi connectivity index (χ1) is 13.0. The molecule has 0 bridgehead atoms. The van der Waals surface area contributed by atoms with E-state index in [1.165, 1.54) is 0 Å². The number of hydrogen-bond acceptors (Lipinski definition) is 5. The van der Waals surface area contributed by atoms with E-state index in [-0.39, 0.29) is 6.61 Å². The molecule has 3 rings (SSSR count). The molecule has 0 aliphatic carbocycles. The number of benzene rings is 2. The van der Waals surface area contributed by atoms with Crippen LogP contribution in [-0.4, -0.2) is 24.7 Å². The molecule has 142 valence electrons. The summed E-state index contributed by atoms with van der Waals surface area (Å²) in [5.41, 5.74) is 9.94. The topological polar surface area (TPSA) is 82.8 Å². The van der Waals surface area contributed by atoms with E-state index < -0.39 is 11.5 Å². The molecule has 0 spiro atoms. The lowest BCUT2D eigenvalue weighted by atomic mass is 10.0. The van der Waals surface area contributed by atoms with E-state index in [9.17, 15) is 4.79 Å². The average Bonchev–Trinajstić information content (AvgIpc) is 3.08. The van der Waals surface area contributed by atoms with Crippen molar-refractivity contribution in [1.82, 2.24) is 5.48 Å². The Morgan fingerprint density at radius 1 is 1.15 bits per heavy atom. The van der Waals surface area contributed by atoms with Crippen LogP contribution in [-0.2, 0) is 4.84 Å². The molecule has 0 saturated carbocycles. The van der Waals surface area contributed by atoms with Gasteiger partial charge in [0.05, 0.1) is 12.3 Å². The predicted octanol–water partition coefficient (Wildman–Crippen LogP) is 3.29. The molecule has 6 nitrogen and oxygen atoms in total. The number of nitrogens with one attached hydrogen (secondary N) is 1. The van der Waals surface area contributed by atoms with Crippen LogP contribution in [0.1, 0.15) is 36.2 Å². The molecule has 0 fully saturated rings. The van der Waals surface area contributed by atoms with Gasteiger partial charge < -0.3 is 15.2 Å². The van der Waals surface area contributed by atoms with E-state index in [1.807, 2.05) is 50.3 Å². The van der Waals surface area contributed by atoms with Crippen LogP contribution in [0.15, 0.2) is 54.6 Å². The van der Waals surface area contributed by atoms with Crippen LogP contribution in [0.25, 0.3) is 5.70 Å². The summed E-state index contributed by atoms with van der Waals surface area (Å²) >= 11 is 0. The smallest absolute Gasteiger partial charge is 0.248 e. The van der Waals surface area contributed by atoms with E-state index in [0.29, 0.717) is 23.7 Å². The van der Waals surface area contributed by atoms with Gasteiger partial charge in [0.1, 0.15) is 12.2 Å². The molecule has 1 amide bonds. The number of ether oxygens (including phenoxy) is 2. The van der Waals surface area contributed by atoms with E-state index in [1.54, 1.807) is 18.2 Å². The molecule has 1 aliphatic heterocycles. The monoisotopic (exact) mass is 368 g/mol. The second kappa shape index (κ2) is 8.14. The van der Waals surface area contributed by atoms with E-state index in [0.717, 1.165) is 17.7 Å². The summed E-state index contributed by atoms with van der Waals surface area (Å²) in [5, 5.41) is 0. The molecule has 1 heterocycles. The minimum atomic E-state index is -0.671. The maximum Gasteiger partial charge on any atom is 0.248 e. The standard InChI is InChI=1S/C21H24N2O4/c1-3-11-25-18-10-9-16(20(22)24)12-19(18)26-14-21(2)13-17(23-27-21)15-7-5-4-6-8-15/h4-10,12-13,23H,3,11,14H2,1-2H3,(H2,22,24). The zero-order chi connectivity index (χ0) is 19.3. The third-order valence-electron chi connectivity index (χ3n) is 4.13. The third kappa shape index (κ3) is 4.60. The van der Waals surface area contributed by atoms with Crippen LogP contribution in [0, 0.1) is 0 Å². The van der Waals surface area contributed by atoms with E-state index in [2.05, 4.69) is 5.48 Å². The van der Waals surface area contributed by atoms with Crippen molar-refractivity contribution in [2.45, 2.75) is 25.9 Å². The highest BCUT2D eigenvalue weighted by Gasteiger charge is 2.31. The molecule has 6 heteroatoms. The first-order valence-corrected chi connectivity index (χ1v) is 8.92. The fourth-order valence-electron chi connectivity index (χ4n) is 2.69. The minimum Gasteiger partial charge on any atom is -0.490 e. The van der Waals surface area contributed by atoms with Crippen molar-refractivity contribution in [3.05, 3.63) is 65.7 Å². The molecule has 0 saturated heterocycles. The highest BCUT2D eigenvalue weighted by molar-refractivity contribution is 5.93. The fourth-order valence-corrected chi connectivity index (χ4v) is 2.69. The van der Waals surface area contributed by atoms with Gasteiger partial charge in [-0.05, 0) is 43.2 Å². The molecule has 2 aromatic carbocycles. The van der Waals surface area contributed by atoms with Crippen LogP contribution in [0.2, 0.25) is 0 Å². The van der Waals surface area contributed by atoms with Crippen molar-refractivity contribution in [1.29, 1.82) is 0 Å². The summed E-state index contributed by atoms with van der Waals surface area (Å²) in [6.07, 6.45) is 2.85. The van der Waals surface area contributed by atoms with Gasteiger partial charge in [0.25, 0.3) is 0 Å². The van der Waals surface area contributed by atoms with E-state index in [4.69, 9.17) is 20.0 Å². The molecular weight excluding hydrogens is 344 g/mol. The second-order valence-electron chi connectivity index (χ2n) is 6.60. The Hall–Kier alpha value is -2.99. The fraction of sp³-hybridized carbons (Fsp3) is 0.286. The van der Waals surface area contributed by atoms with Crippen LogP contribution >= 0.6 is 0 Å². The first-order valence-electron chi connectivity index (χ1n) is 8.92. The molecule has 1 unspecified atom stereocenters. The van der Waals surface area contributed by atoms with Crippen molar-refractivity contribution in [3.8, 4) is 11.5 Å². The summed E-state index contributed by atoms with van der Waals surface area (Å²) in [6.45, 7) is 4.73. The Morgan fingerprint density at radius 2 is 1.93 bits per heavy atom. The van der Waals surface area contributed by atoms with Crippen LogP contribution < -0.4 is 20.7 Å². The molecular formula is C21H24N2O4. The Morgan fingerprint density at radius 3 is 2.63 bits per heavy atom. The lowest BCUT2D eigenvalue weighted by Gasteiger charge is -2.21. The van der Waals surface area contributed by atoms with Crippen LogP contribution in [0.4, 0.5) is 0 Å². The zero-order valence-electron chi connectivity index (χ0n) is 15.5. The number of carbonyl (C=O) groups is 1. The quantitative estimate of drug-likeness (QED) is 0.747. The van der Waals surface area contributed by atoms with Crippen LogP contribution in [0.3, 0.4) is 0 Å². The Bertz CT molecular complexity index is 835. The summed E-state index contributed by atoms with van der Waals surface area (Å²) in [5.74, 6) is 0.521. The summed E-state index contributed by atoms with van der Waals surface area (Å²) in [4.78, 5) is 17.2. The SMILES string of the molecule is CCCOc1ccc(C(N)=O)cc1OCC1(C)C=C(c2ccccc2)NO1. The maximum atomic E-state index is 11.5. The zero-order valence-corrected chi connectivity index (χ0v) is 15.5. The number of carbonyl (C=O) groups excluding carboxylic acids is 1. The second-order valence-corrected chi connectivity index (χ2v) is 6.60. The number of nitrogens with two attached hydrogens (primary N) is 1. The van der Waals surface area contributed by atoms with E-state index >= 15 is 0 Å². The predicted molar refractivity (Wildman–Crippen MR) is 103 cm³/mol. The maximum absolute atomic E-state index is 11.5. The van der Waals surface area contributed by atoms with Gasteiger partial charge in [-0.25, -0.2) is 0 Å².